The van der Waals surface area contributed by atoms with E-state index in [4.69, 9.17) is 5.11 Å². The monoisotopic (exact) mass is 293 g/mol. The molecule has 1 N–H and O–H groups in total. The van der Waals surface area contributed by atoms with Crippen LogP contribution < -0.4 is 0 Å². The van der Waals surface area contributed by atoms with Crippen LogP contribution in [0.2, 0.25) is 0 Å². The van der Waals surface area contributed by atoms with E-state index in [2.05, 4.69) is 0 Å². The van der Waals surface area contributed by atoms with Crippen LogP contribution in [0.15, 0.2) is 23.1 Å². The molecule has 1 aromatic rings. The molecule has 0 fully saturated rings. The fourth-order valence-electron chi connectivity index (χ4n) is 1.66. The van der Waals surface area contributed by atoms with Gasteiger partial charge in [0, 0.05) is 13.1 Å². The molecule has 0 aliphatic carbocycles. The van der Waals surface area contributed by atoms with Gasteiger partial charge in [-0.25, -0.2) is 17.2 Å². The summed E-state index contributed by atoms with van der Waals surface area (Å²) in [6.07, 6.45) is 1.28. The molecule has 0 aromatic heterocycles. The second kappa shape index (κ2) is 6.93. The summed E-state index contributed by atoms with van der Waals surface area (Å²) < 4.78 is 52.4. The number of benzene rings is 1. The van der Waals surface area contributed by atoms with E-state index in [1.807, 2.05) is 6.92 Å². The van der Waals surface area contributed by atoms with Crippen LogP contribution in [0, 0.1) is 11.6 Å². The lowest BCUT2D eigenvalue weighted by molar-refractivity contribution is 0.251. The van der Waals surface area contributed by atoms with Crippen molar-refractivity contribution < 1.29 is 22.3 Å². The Morgan fingerprint density at radius 2 is 1.79 bits per heavy atom. The molecule has 0 saturated carbocycles. The predicted octanol–water partition coefficient (Wildman–Crippen LogP) is 1.75. The molecule has 7 heteroatoms. The van der Waals surface area contributed by atoms with Crippen LogP contribution in [0.25, 0.3) is 0 Å². The van der Waals surface area contributed by atoms with Crippen molar-refractivity contribution in [1.29, 1.82) is 0 Å². The summed E-state index contributed by atoms with van der Waals surface area (Å²) in [6.45, 7) is 1.40. The fraction of sp³-hybridized carbons (Fsp3) is 0.500. The third-order valence-electron chi connectivity index (χ3n) is 2.63. The van der Waals surface area contributed by atoms with Gasteiger partial charge in [-0.3, -0.25) is 0 Å². The zero-order chi connectivity index (χ0) is 14.5. The highest BCUT2D eigenvalue weighted by Gasteiger charge is 2.29. The Hall–Kier alpha value is -1.05. The number of rotatable bonds is 7. The lowest BCUT2D eigenvalue weighted by Crippen LogP contribution is -2.35. The highest BCUT2D eigenvalue weighted by Crippen LogP contribution is 2.22. The third-order valence-corrected chi connectivity index (χ3v) is 4.58. The molecule has 4 nitrogen and oxygen atoms in total. The number of aliphatic hydroxyl groups is 1. The topological polar surface area (TPSA) is 57.6 Å². The molecule has 0 radical (unpaired) electrons. The Morgan fingerprint density at radius 1 is 1.21 bits per heavy atom. The minimum atomic E-state index is -4.27. The number of aliphatic hydroxyl groups excluding tert-OH is 1. The highest BCUT2D eigenvalue weighted by molar-refractivity contribution is 7.89. The summed E-state index contributed by atoms with van der Waals surface area (Å²) in [7, 11) is -4.27. The van der Waals surface area contributed by atoms with E-state index in [0.29, 0.717) is 6.42 Å². The molecule has 19 heavy (non-hydrogen) atoms. The highest BCUT2D eigenvalue weighted by atomic mass is 32.2. The van der Waals surface area contributed by atoms with Crippen LogP contribution in [-0.2, 0) is 10.0 Å². The summed E-state index contributed by atoms with van der Waals surface area (Å²) >= 11 is 0. The van der Waals surface area contributed by atoms with Crippen LogP contribution in [0.5, 0.6) is 0 Å². The van der Waals surface area contributed by atoms with Crippen molar-refractivity contribution in [2.24, 2.45) is 0 Å². The normalized spacial score (nSPS) is 12.1. The number of hydrogen-bond acceptors (Lipinski definition) is 3. The maximum absolute atomic E-state index is 13.6. The van der Waals surface area contributed by atoms with E-state index in [1.165, 1.54) is 0 Å². The largest absolute Gasteiger partial charge is 0.395 e. The Morgan fingerprint density at radius 3 is 2.26 bits per heavy atom. The molecule has 0 saturated heterocycles. The van der Waals surface area contributed by atoms with E-state index in [-0.39, 0.29) is 13.1 Å². The van der Waals surface area contributed by atoms with Gasteiger partial charge in [0.25, 0.3) is 0 Å². The number of unbranched alkanes of at least 4 members (excludes halogenated alkanes) is 1. The number of hydrogen-bond donors (Lipinski definition) is 1. The first-order valence-electron chi connectivity index (χ1n) is 6.00. The van der Waals surface area contributed by atoms with E-state index < -0.39 is 33.2 Å². The molecular weight excluding hydrogens is 276 g/mol. The zero-order valence-electron chi connectivity index (χ0n) is 10.6. The summed E-state index contributed by atoms with van der Waals surface area (Å²) in [4.78, 5) is -0.959. The molecule has 108 valence electrons. The number of halogens is 2. The molecule has 0 aliphatic rings. The average Bonchev–Trinajstić information content (AvgIpc) is 2.33. The second-order valence-electron chi connectivity index (χ2n) is 4.03. The van der Waals surface area contributed by atoms with Crippen LogP contribution in [0.3, 0.4) is 0 Å². The van der Waals surface area contributed by atoms with Gasteiger partial charge in [-0.05, 0) is 18.6 Å². The van der Waals surface area contributed by atoms with Gasteiger partial charge in [0.2, 0.25) is 10.0 Å². The molecule has 0 heterocycles. The van der Waals surface area contributed by atoms with Gasteiger partial charge in [-0.1, -0.05) is 19.4 Å². The average molecular weight is 293 g/mol. The smallest absolute Gasteiger partial charge is 0.249 e. The molecule has 0 aliphatic heterocycles. The van der Waals surface area contributed by atoms with Gasteiger partial charge < -0.3 is 5.11 Å². The fourth-order valence-corrected chi connectivity index (χ4v) is 3.23. The van der Waals surface area contributed by atoms with Crippen molar-refractivity contribution >= 4 is 10.0 Å². The molecule has 0 amide bonds. The lowest BCUT2D eigenvalue weighted by Gasteiger charge is -2.21. The summed E-state index contributed by atoms with van der Waals surface area (Å²) in [5.41, 5.74) is 0. The third kappa shape index (κ3) is 3.71. The molecule has 0 spiro atoms. The van der Waals surface area contributed by atoms with E-state index in [0.717, 1.165) is 28.9 Å². The second-order valence-corrected chi connectivity index (χ2v) is 5.91. The van der Waals surface area contributed by atoms with Gasteiger partial charge in [0.15, 0.2) is 4.90 Å². The van der Waals surface area contributed by atoms with Crippen LogP contribution in [0.4, 0.5) is 8.78 Å². The van der Waals surface area contributed by atoms with Gasteiger partial charge in [-0.15, -0.1) is 0 Å². The predicted molar refractivity (Wildman–Crippen MR) is 67.1 cm³/mol. The summed E-state index contributed by atoms with van der Waals surface area (Å²) in [5.74, 6) is -2.25. The number of sulfonamides is 1. The molecule has 1 rings (SSSR count). The molecular formula is C12H17F2NO3S. The van der Waals surface area contributed by atoms with Crippen molar-refractivity contribution in [2.45, 2.75) is 24.7 Å². The molecule has 0 atom stereocenters. The van der Waals surface area contributed by atoms with Crippen molar-refractivity contribution in [3.05, 3.63) is 29.8 Å². The standard InChI is InChI=1S/C12H17F2NO3S/c1-2-3-7-15(8-9-16)19(17,18)12-10(13)5-4-6-11(12)14/h4-6,16H,2-3,7-9H2,1H3. The van der Waals surface area contributed by atoms with Crippen molar-refractivity contribution in [3.63, 3.8) is 0 Å². The van der Waals surface area contributed by atoms with Crippen molar-refractivity contribution in [1.82, 2.24) is 4.31 Å². The Bertz CT molecular complexity index is 499. The number of nitrogens with zero attached hydrogens (tertiary/aromatic N) is 1. The zero-order valence-corrected chi connectivity index (χ0v) is 11.5. The quantitative estimate of drug-likeness (QED) is 0.833. The minimum Gasteiger partial charge on any atom is -0.395 e. The Balaban J connectivity index is 3.19. The SMILES string of the molecule is CCCCN(CCO)S(=O)(=O)c1c(F)cccc1F. The molecule has 0 unspecified atom stereocenters. The molecule has 0 bridgehead atoms. The molecule has 1 aromatic carbocycles. The first kappa shape index (κ1) is 16.0. The first-order chi connectivity index (χ1) is 8.95. The maximum atomic E-state index is 13.6. The summed E-state index contributed by atoms with van der Waals surface area (Å²) in [5, 5.41) is 8.89. The van der Waals surface area contributed by atoms with E-state index in [1.54, 1.807) is 0 Å². The Labute approximate surface area is 111 Å². The van der Waals surface area contributed by atoms with Gasteiger partial charge in [0.1, 0.15) is 11.6 Å². The Kier molecular flexibility index (Phi) is 5.84. The minimum absolute atomic E-state index is 0.118. The summed E-state index contributed by atoms with van der Waals surface area (Å²) in [6, 6.07) is 2.89. The van der Waals surface area contributed by atoms with E-state index in [9.17, 15) is 17.2 Å². The first-order valence-corrected chi connectivity index (χ1v) is 7.44. The van der Waals surface area contributed by atoms with Crippen LogP contribution in [-0.4, -0.2) is 37.5 Å². The maximum Gasteiger partial charge on any atom is 0.249 e. The van der Waals surface area contributed by atoms with Crippen molar-refractivity contribution in [2.75, 3.05) is 19.7 Å². The van der Waals surface area contributed by atoms with E-state index >= 15 is 0 Å². The van der Waals surface area contributed by atoms with Crippen molar-refractivity contribution in [3.8, 4) is 0 Å². The lowest BCUT2D eigenvalue weighted by atomic mass is 10.3. The van der Waals surface area contributed by atoms with Gasteiger partial charge in [-0.2, -0.15) is 4.31 Å². The van der Waals surface area contributed by atoms with Crippen LogP contribution in [0.1, 0.15) is 19.8 Å². The van der Waals surface area contributed by atoms with Gasteiger partial charge >= 0.3 is 0 Å². The van der Waals surface area contributed by atoms with Gasteiger partial charge in [0.05, 0.1) is 6.61 Å². The van der Waals surface area contributed by atoms with Crippen LogP contribution >= 0.6 is 0 Å².